The lowest BCUT2D eigenvalue weighted by Crippen LogP contribution is -2.41. The monoisotopic (exact) mass is 351 g/mol. The predicted octanol–water partition coefficient (Wildman–Crippen LogP) is 0.322. The first-order valence-corrected chi connectivity index (χ1v) is 7.93. The Morgan fingerprint density at radius 3 is 2.20 bits per heavy atom. The van der Waals surface area contributed by atoms with Gasteiger partial charge in [0.05, 0.1) is 20.8 Å². The molecule has 0 saturated heterocycles. The van der Waals surface area contributed by atoms with Crippen LogP contribution < -0.4 is 25.4 Å². The van der Waals surface area contributed by atoms with E-state index in [4.69, 9.17) is 9.47 Å². The second-order valence-electron chi connectivity index (χ2n) is 5.55. The van der Waals surface area contributed by atoms with Gasteiger partial charge in [0.1, 0.15) is 0 Å². The van der Waals surface area contributed by atoms with Crippen molar-refractivity contribution in [2.24, 2.45) is 5.92 Å². The molecule has 3 amide bonds. The van der Waals surface area contributed by atoms with Crippen molar-refractivity contribution in [3.8, 4) is 11.5 Å². The molecule has 0 saturated carbocycles. The molecule has 138 valence electrons. The predicted molar refractivity (Wildman–Crippen MR) is 92.7 cm³/mol. The molecule has 1 rings (SSSR count). The van der Waals surface area contributed by atoms with Crippen LogP contribution >= 0.6 is 0 Å². The third-order valence-electron chi connectivity index (χ3n) is 3.33. The maximum atomic E-state index is 12.1. The number of hydrogen-bond donors (Lipinski definition) is 3. The molecule has 0 heterocycles. The van der Waals surface area contributed by atoms with Crippen LogP contribution in [-0.2, 0) is 9.59 Å². The van der Waals surface area contributed by atoms with Crippen LogP contribution in [0.15, 0.2) is 18.2 Å². The van der Waals surface area contributed by atoms with Crippen molar-refractivity contribution in [3.63, 3.8) is 0 Å². The Morgan fingerprint density at radius 1 is 0.960 bits per heavy atom. The fourth-order valence-corrected chi connectivity index (χ4v) is 1.89. The number of nitrogens with one attached hydrogen (secondary N) is 3. The molecular formula is C17H25N3O5. The van der Waals surface area contributed by atoms with E-state index in [1.165, 1.54) is 20.3 Å². The highest BCUT2D eigenvalue weighted by molar-refractivity contribution is 5.97. The Balaban J connectivity index is 2.38. The van der Waals surface area contributed by atoms with Crippen LogP contribution in [0.4, 0.5) is 0 Å². The lowest BCUT2D eigenvalue weighted by Gasteiger charge is -2.11. The molecule has 0 bridgehead atoms. The van der Waals surface area contributed by atoms with Crippen molar-refractivity contribution in [1.29, 1.82) is 0 Å². The van der Waals surface area contributed by atoms with Crippen LogP contribution in [0.1, 0.15) is 24.2 Å². The lowest BCUT2D eigenvalue weighted by atomic mass is 10.2. The molecule has 8 heteroatoms. The van der Waals surface area contributed by atoms with E-state index < -0.39 is 5.91 Å². The highest BCUT2D eigenvalue weighted by Crippen LogP contribution is 2.27. The first kappa shape index (κ1) is 20.3. The maximum Gasteiger partial charge on any atom is 0.251 e. The zero-order valence-corrected chi connectivity index (χ0v) is 15.0. The van der Waals surface area contributed by atoms with Gasteiger partial charge >= 0.3 is 0 Å². The molecule has 0 radical (unpaired) electrons. The van der Waals surface area contributed by atoms with E-state index in [9.17, 15) is 14.4 Å². The molecule has 25 heavy (non-hydrogen) atoms. The Hall–Kier alpha value is -2.77. The average Bonchev–Trinajstić information content (AvgIpc) is 2.62. The van der Waals surface area contributed by atoms with Gasteiger partial charge in [0.15, 0.2) is 11.5 Å². The van der Waals surface area contributed by atoms with E-state index in [-0.39, 0.29) is 24.3 Å². The molecule has 0 unspecified atom stereocenters. The summed E-state index contributed by atoms with van der Waals surface area (Å²) in [5.41, 5.74) is 0.356. The van der Waals surface area contributed by atoms with Crippen molar-refractivity contribution in [2.75, 3.05) is 33.9 Å². The first-order chi connectivity index (χ1) is 11.9. The summed E-state index contributed by atoms with van der Waals surface area (Å²) >= 11 is 0. The van der Waals surface area contributed by atoms with Gasteiger partial charge in [-0.1, -0.05) is 13.8 Å². The van der Waals surface area contributed by atoms with Gasteiger partial charge in [0.2, 0.25) is 11.8 Å². The van der Waals surface area contributed by atoms with Gasteiger partial charge in [-0.2, -0.15) is 0 Å². The van der Waals surface area contributed by atoms with Crippen LogP contribution in [0.5, 0.6) is 11.5 Å². The normalized spacial score (nSPS) is 10.1. The molecule has 0 spiro atoms. The molecule has 0 aliphatic rings. The molecular weight excluding hydrogens is 326 g/mol. The summed E-state index contributed by atoms with van der Waals surface area (Å²) < 4.78 is 10.2. The third kappa shape index (κ3) is 6.70. The number of methoxy groups -OCH3 is 2. The Bertz CT molecular complexity index is 616. The van der Waals surface area contributed by atoms with Gasteiger partial charge < -0.3 is 25.4 Å². The fraction of sp³-hybridized carbons (Fsp3) is 0.471. The van der Waals surface area contributed by atoms with Crippen molar-refractivity contribution >= 4 is 17.7 Å². The van der Waals surface area contributed by atoms with Crippen LogP contribution in [-0.4, -0.2) is 51.6 Å². The van der Waals surface area contributed by atoms with E-state index in [0.29, 0.717) is 30.2 Å². The number of ether oxygens (including phenoxy) is 2. The van der Waals surface area contributed by atoms with Crippen LogP contribution in [0.2, 0.25) is 0 Å². The van der Waals surface area contributed by atoms with Crippen molar-refractivity contribution in [2.45, 2.75) is 13.8 Å². The van der Waals surface area contributed by atoms with E-state index in [1.54, 1.807) is 26.0 Å². The van der Waals surface area contributed by atoms with E-state index in [2.05, 4.69) is 16.0 Å². The first-order valence-electron chi connectivity index (χ1n) is 7.93. The molecule has 1 aromatic carbocycles. The Kier molecular flexibility index (Phi) is 8.25. The van der Waals surface area contributed by atoms with Gasteiger partial charge in [0.25, 0.3) is 5.91 Å². The van der Waals surface area contributed by atoms with Gasteiger partial charge in [-0.15, -0.1) is 0 Å². The van der Waals surface area contributed by atoms with Crippen molar-refractivity contribution in [3.05, 3.63) is 23.8 Å². The summed E-state index contributed by atoms with van der Waals surface area (Å²) in [5.74, 6) is 0.0325. The fourth-order valence-electron chi connectivity index (χ4n) is 1.89. The van der Waals surface area contributed by atoms with Gasteiger partial charge in [0, 0.05) is 24.6 Å². The van der Waals surface area contributed by atoms with Gasteiger partial charge in [-0.05, 0) is 18.2 Å². The largest absolute Gasteiger partial charge is 0.493 e. The average molecular weight is 351 g/mol. The highest BCUT2D eigenvalue weighted by Gasteiger charge is 2.12. The molecule has 3 N–H and O–H groups in total. The Labute approximate surface area is 147 Å². The zero-order valence-electron chi connectivity index (χ0n) is 15.0. The number of carbonyl (C=O) groups is 3. The number of amides is 3. The number of rotatable bonds is 9. The summed E-state index contributed by atoms with van der Waals surface area (Å²) in [7, 11) is 2.98. The molecule has 0 aliphatic heterocycles. The lowest BCUT2D eigenvalue weighted by molar-refractivity contribution is -0.124. The maximum absolute atomic E-state index is 12.1. The molecule has 0 atom stereocenters. The summed E-state index contributed by atoms with van der Waals surface area (Å²) in [6.45, 7) is 4.05. The van der Waals surface area contributed by atoms with Crippen molar-refractivity contribution < 1.29 is 23.9 Å². The van der Waals surface area contributed by atoms with Gasteiger partial charge in [-0.25, -0.2) is 0 Å². The summed E-state index contributed by atoms with van der Waals surface area (Å²) in [4.78, 5) is 35.1. The summed E-state index contributed by atoms with van der Waals surface area (Å²) in [6, 6.07) is 4.73. The quantitative estimate of drug-likeness (QED) is 0.556. The minimum absolute atomic E-state index is 0.0731. The molecule has 8 nitrogen and oxygen atoms in total. The van der Waals surface area contributed by atoms with Crippen LogP contribution in [0, 0.1) is 5.92 Å². The topological polar surface area (TPSA) is 106 Å². The van der Waals surface area contributed by atoms with E-state index in [0.717, 1.165) is 0 Å². The summed E-state index contributed by atoms with van der Waals surface area (Å²) in [6.07, 6.45) is 0. The summed E-state index contributed by atoms with van der Waals surface area (Å²) in [5, 5.41) is 7.82. The second kappa shape index (κ2) is 10.2. The standard InChI is InChI=1S/C17H25N3O5/c1-11(2)16(22)19-8-7-18-15(21)10-20-17(23)12-5-6-13(24-3)14(9-12)25-4/h5-6,9,11H,7-8,10H2,1-4H3,(H,18,21)(H,19,22)(H,20,23). The minimum Gasteiger partial charge on any atom is -0.493 e. The number of benzene rings is 1. The van der Waals surface area contributed by atoms with E-state index in [1.807, 2.05) is 0 Å². The SMILES string of the molecule is COc1ccc(C(=O)NCC(=O)NCCNC(=O)C(C)C)cc1OC. The molecule has 0 aromatic heterocycles. The van der Waals surface area contributed by atoms with Gasteiger partial charge in [-0.3, -0.25) is 14.4 Å². The third-order valence-corrected chi connectivity index (χ3v) is 3.33. The van der Waals surface area contributed by atoms with Crippen LogP contribution in [0.3, 0.4) is 0 Å². The minimum atomic E-state index is -0.399. The number of carbonyl (C=O) groups excluding carboxylic acids is 3. The van der Waals surface area contributed by atoms with E-state index >= 15 is 0 Å². The molecule has 0 aliphatic carbocycles. The second-order valence-corrected chi connectivity index (χ2v) is 5.55. The molecule has 1 aromatic rings. The smallest absolute Gasteiger partial charge is 0.251 e. The number of hydrogen-bond acceptors (Lipinski definition) is 5. The highest BCUT2D eigenvalue weighted by atomic mass is 16.5. The Morgan fingerprint density at radius 2 is 1.60 bits per heavy atom. The van der Waals surface area contributed by atoms with Crippen LogP contribution in [0.25, 0.3) is 0 Å². The van der Waals surface area contributed by atoms with Crippen molar-refractivity contribution in [1.82, 2.24) is 16.0 Å². The molecule has 0 fully saturated rings. The zero-order chi connectivity index (χ0) is 18.8.